The highest BCUT2D eigenvalue weighted by Crippen LogP contribution is 2.19. The van der Waals surface area contributed by atoms with E-state index in [0.29, 0.717) is 32.1 Å². The Morgan fingerprint density at radius 3 is 2.95 bits per heavy atom. The number of carbonyl (C=O) groups is 1. The maximum Gasteiger partial charge on any atom is 0.247 e. The third kappa shape index (κ3) is 3.95. The summed E-state index contributed by atoms with van der Waals surface area (Å²) in [7, 11) is 0. The minimum atomic E-state index is -0.775. The molecule has 1 aliphatic heterocycles. The molecule has 1 amide bonds. The smallest absolute Gasteiger partial charge is 0.247 e. The van der Waals surface area contributed by atoms with Crippen molar-refractivity contribution in [2.24, 2.45) is 5.73 Å². The van der Waals surface area contributed by atoms with E-state index in [9.17, 15) is 4.79 Å². The van der Waals surface area contributed by atoms with Gasteiger partial charge in [-0.2, -0.15) is 5.10 Å². The van der Waals surface area contributed by atoms with Gasteiger partial charge in [0, 0.05) is 25.8 Å². The maximum absolute atomic E-state index is 12.5. The van der Waals surface area contributed by atoms with Gasteiger partial charge in [-0.1, -0.05) is 0 Å². The van der Waals surface area contributed by atoms with E-state index in [2.05, 4.69) is 10.4 Å². The maximum atomic E-state index is 12.5. The molecule has 21 heavy (non-hydrogen) atoms. The van der Waals surface area contributed by atoms with Crippen molar-refractivity contribution < 1.29 is 14.3 Å². The van der Waals surface area contributed by atoms with Gasteiger partial charge >= 0.3 is 0 Å². The molecule has 3 N–H and O–H groups in total. The molecule has 7 nitrogen and oxygen atoms in total. The molecule has 0 radical (unpaired) electrons. The highest BCUT2D eigenvalue weighted by molar-refractivity contribution is 5.83. The molecular weight excluding hydrogens is 272 g/mol. The largest absolute Gasteiger partial charge is 0.489 e. The molecule has 2 heterocycles. The zero-order chi connectivity index (χ0) is 15.3. The molecule has 0 atom stereocenters. The fraction of sp³-hybridized carbons (Fsp3) is 0.714. The first-order chi connectivity index (χ1) is 10.0. The molecule has 1 saturated heterocycles. The van der Waals surface area contributed by atoms with Gasteiger partial charge in [0.1, 0.15) is 12.1 Å². The summed E-state index contributed by atoms with van der Waals surface area (Å²) in [5, 5.41) is 7.29. The lowest BCUT2D eigenvalue weighted by atomic mass is 10.0. The standard InChI is InChI=1S/C14H24N4O3/c1-14(2,13(19)17-11-3-6-20-7-4-11)18-10-12(9-16-18)21-8-5-15/h9-11H,3-8,15H2,1-2H3,(H,17,19). The SMILES string of the molecule is CC(C)(C(=O)NC1CCOCC1)n1cc(OCCN)cn1. The number of aromatic nitrogens is 2. The molecule has 1 aromatic heterocycles. The van der Waals surface area contributed by atoms with Gasteiger partial charge in [0.2, 0.25) is 5.91 Å². The van der Waals surface area contributed by atoms with Gasteiger partial charge in [-0.25, -0.2) is 0 Å². The number of hydrogen-bond acceptors (Lipinski definition) is 5. The molecule has 0 unspecified atom stereocenters. The van der Waals surface area contributed by atoms with E-state index < -0.39 is 5.54 Å². The number of amides is 1. The van der Waals surface area contributed by atoms with Gasteiger partial charge in [-0.15, -0.1) is 0 Å². The topological polar surface area (TPSA) is 91.4 Å². The molecule has 1 aromatic rings. The molecular formula is C14H24N4O3. The number of nitrogens with one attached hydrogen (secondary N) is 1. The molecule has 0 spiro atoms. The summed E-state index contributed by atoms with van der Waals surface area (Å²) in [6.07, 6.45) is 5.02. The molecule has 1 fully saturated rings. The summed E-state index contributed by atoms with van der Waals surface area (Å²) >= 11 is 0. The number of carbonyl (C=O) groups excluding carboxylic acids is 1. The highest BCUT2D eigenvalue weighted by Gasteiger charge is 2.32. The summed E-state index contributed by atoms with van der Waals surface area (Å²) in [6.45, 7) is 5.94. The first-order valence-electron chi connectivity index (χ1n) is 7.31. The summed E-state index contributed by atoms with van der Waals surface area (Å²) in [5.74, 6) is 0.565. The van der Waals surface area contributed by atoms with Crippen LogP contribution < -0.4 is 15.8 Å². The van der Waals surface area contributed by atoms with Crippen molar-refractivity contribution >= 4 is 5.91 Å². The van der Waals surface area contributed by atoms with Crippen molar-refractivity contribution in [3.63, 3.8) is 0 Å². The first kappa shape index (κ1) is 15.8. The Morgan fingerprint density at radius 2 is 2.29 bits per heavy atom. The minimum absolute atomic E-state index is 0.0529. The Bertz CT molecular complexity index is 467. The first-order valence-corrected chi connectivity index (χ1v) is 7.31. The van der Waals surface area contributed by atoms with Crippen LogP contribution in [0.1, 0.15) is 26.7 Å². The van der Waals surface area contributed by atoms with Crippen LogP contribution >= 0.6 is 0 Å². The third-order valence-electron chi connectivity index (χ3n) is 3.63. The van der Waals surface area contributed by atoms with Gasteiger partial charge in [-0.05, 0) is 26.7 Å². The van der Waals surface area contributed by atoms with Crippen LogP contribution in [0.25, 0.3) is 0 Å². The van der Waals surface area contributed by atoms with Crippen LogP contribution in [0.15, 0.2) is 12.4 Å². The molecule has 1 aliphatic rings. The van der Waals surface area contributed by atoms with Crippen LogP contribution in [0, 0.1) is 0 Å². The fourth-order valence-electron chi connectivity index (χ4n) is 2.17. The van der Waals surface area contributed by atoms with E-state index in [1.807, 2.05) is 13.8 Å². The number of nitrogens with zero attached hydrogens (tertiary/aromatic N) is 2. The molecule has 0 saturated carbocycles. The fourth-order valence-corrected chi connectivity index (χ4v) is 2.17. The van der Waals surface area contributed by atoms with Gasteiger partial charge < -0.3 is 20.5 Å². The van der Waals surface area contributed by atoms with E-state index in [1.165, 1.54) is 0 Å². The molecule has 2 rings (SSSR count). The number of rotatable bonds is 6. The van der Waals surface area contributed by atoms with Crippen LogP contribution in [0.2, 0.25) is 0 Å². The third-order valence-corrected chi connectivity index (χ3v) is 3.63. The summed E-state index contributed by atoms with van der Waals surface area (Å²) in [4.78, 5) is 12.5. The Labute approximate surface area is 124 Å². The monoisotopic (exact) mass is 296 g/mol. The van der Waals surface area contributed by atoms with Crippen LogP contribution in [0.4, 0.5) is 0 Å². The zero-order valence-electron chi connectivity index (χ0n) is 12.7. The van der Waals surface area contributed by atoms with Crippen molar-refractivity contribution in [3.05, 3.63) is 12.4 Å². The van der Waals surface area contributed by atoms with Gasteiger partial charge in [0.25, 0.3) is 0 Å². The van der Waals surface area contributed by atoms with Crippen LogP contribution in [0.3, 0.4) is 0 Å². The van der Waals surface area contributed by atoms with Gasteiger partial charge in [0.15, 0.2) is 5.75 Å². The number of hydrogen-bond donors (Lipinski definition) is 2. The average molecular weight is 296 g/mol. The van der Waals surface area contributed by atoms with E-state index in [-0.39, 0.29) is 11.9 Å². The predicted molar refractivity (Wildman–Crippen MR) is 78.1 cm³/mol. The van der Waals surface area contributed by atoms with Gasteiger partial charge in [-0.3, -0.25) is 9.48 Å². The second kappa shape index (κ2) is 6.91. The number of nitrogens with two attached hydrogens (primary N) is 1. The molecule has 0 aromatic carbocycles. The summed E-state index contributed by atoms with van der Waals surface area (Å²) < 4.78 is 12.3. The van der Waals surface area contributed by atoms with E-state index in [1.54, 1.807) is 17.1 Å². The summed E-state index contributed by atoms with van der Waals surface area (Å²) in [5.41, 5.74) is 4.62. The lowest BCUT2D eigenvalue weighted by Crippen LogP contribution is -2.49. The van der Waals surface area contributed by atoms with Crippen molar-refractivity contribution in [1.29, 1.82) is 0 Å². The molecule has 118 valence electrons. The normalized spacial score (nSPS) is 16.7. The zero-order valence-corrected chi connectivity index (χ0v) is 12.7. The second-order valence-electron chi connectivity index (χ2n) is 5.68. The average Bonchev–Trinajstić information content (AvgIpc) is 2.95. The predicted octanol–water partition coefficient (Wildman–Crippen LogP) is 0.251. The summed E-state index contributed by atoms with van der Waals surface area (Å²) in [6, 6.07) is 0.175. The van der Waals surface area contributed by atoms with Crippen LogP contribution in [-0.4, -0.2) is 48.1 Å². The van der Waals surface area contributed by atoms with Crippen molar-refractivity contribution in [3.8, 4) is 5.75 Å². The van der Waals surface area contributed by atoms with Crippen LogP contribution in [-0.2, 0) is 15.1 Å². The Balaban J connectivity index is 1.98. The molecule has 0 bridgehead atoms. The van der Waals surface area contributed by atoms with E-state index in [0.717, 1.165) is 12.8 Å². The van der Waals surface area contributed by atoms with Crippen molar-refractivity contribution in [2.45, 2.75) is 38.3 Å². The Hall–Kier alpha value is -1.60. The lowest BCUT2D eigenvalue weighted by Gasteiger charge is -2.29. The molecule has 7 heteroatoms. The second-order valence-corrected chi connectivity index (χ2v) is 5.68. The van der Waals surface area contributed by atoms with Crippen LogP contribution in [0.5, 0.6) is 5.75 Å². The quantitative estimate of drug-likeness (QED) is 0.785. The lowest BCUT2D eigenvalue weighted by molar-refractivity contribution is -0.130. The highest BCUT2D eigenvalue weighted by atomic mass is 16.5. The van der Waals surface area contributed by atoms with Crippen molar-refractivity contribution in [2.75, 3.05) is 26.4 Å². The number of ether oxygens (including phenoxy) is 2. The Kier molecular flexibility index (Phi) is 5.19. The molecule has 0 aliphatic carbocycles. The van der Waals surface area contributed by atoms with E-state index >= 15 is 0 Å². The van der Waals surface area contributed by atoms with E-state index in [4.69, 9.17) is 15.2 Å². The van der Waals surface area contributed by atoms with Crippen molar-refractivity contribution in [1.82, 2.24) is 15.1 Å². The van der Waals surface area contributed by atoms with Gasteiger partial charge in [0.05, 0.1) is 12.4 Å². The minimum Gasteiger partial charge on any atom is -0.489 e. The Morgan fingerprint density at radius 1 is 1.57 bits per heavy atom.